The highest BCUT2D eigenvalue weighted by molar-refractivity contribution is 7.92. The molecule has 0 aromatic heterocycles. The second-order valence-corrected chi connectivity index (χ2v) is 10.3. The van der Waals surface area contributed by atoms with Gasteiger partial charge in [-0.3, -0.25) is 9.10 Å². The zero-order chi connectivity index (χ0) is 24.9. The van der Waals surface area contributed by atoms with E-state index in [1.54, 1.807) is 31.4 Å². The first-order chi connectivity index (χ1) is 16.1. The Kier molecular flexibility index (Phi) is 7.99. The molecule has 0 bridgehead atoms. The first-order valence-electron chi connectivity index (χ1n) is 11.2. The molecule has 0 aliphatic rings. The number of hydrogen-bond acceptors (Lipinski definition) is 4. The number of ether oxygens (including phenoxy) is 1. The fraction of sp³-hybridized carbons (Fsp3) is 0.296. The van der Waals surface area contributed by atoms with Gasteiger partial charge < -0.3 is 10.1 Å². The van der Waals surface area contributed by atoms with Crippen LogP contribution in [0.1, 0.15) is 52.0 Å². The van der Waals surface area contributed by atoms with Gasteiger partial charge in [0.25, 0.3) is 5.91 Å². The summed E-state index contributed by atoms with van der Waals surface area (Å²) in [7, 11) is -1.86. The van der Waals surface area contributed by atoms with E-state index in [0.717, 1.165) is 34.4 Å². The van der Waals surface area contributed by atoms with E-state index in [4.69, 9.17) is 4.74 Å². The summed E-state index contributed by atoms with van der Waals surface area (Å²) in [6, 6.07) is 20.2. The van der Waals surface area contributed by atoms with Crippen molar-refractivity contribution in [2.24, 2.45) is 0 Å². The molecular weight excluding hydrogens is 448 g/mol. The molecule has 0 unspecified atom stereocenters. The van der Waals surface area contributed by atoms with E-state index in [0.29, 0.717) is 11.3 Å². The first-order valence-corrected chi connectivity index (χ1v) is 13.1. The molecule has 7 heteroatoms. The van der Waals surface area contributed by atoms with E-state index < -0.39 is 10.0 Å². The van der Waals surface area contributed by atoms with Gasteiger partial charge in [0.05, 0.1) is 31.6 Å². The number of methoxy groups -OCH3 is 1. The standard InChI is InChI=1S/C27H32N2O4S/c1-6-26(22-12-15-25(33-4)16-13-22)28-27(30)23-10-8-21(9-11-23)18-29(34(5,31)32)24-14-7-19(2)20(3)17-24/h7-17,26H,6,18H2,1-5H3,(H,28,30)/t26-/m0/s1. The molecule has 34 heavy (non-hydrogen) atoms. The summed E-state index contributed by atoms with van der Waals surface area (Å²) in [5.74, 6) is 0.591. The van der Waals surface area contributed by atoms with E-state index in [-0.39, 0.29) is 18.5 Å². The third kappa shape index (κ3) is 6.17. The van der Waals surface area contributed by atoms with E-state index in [1.807, 2.05) is 63.2 Å². The van der Waals surface area contributed by atoms with Crippen LogP contribution in [-0.4, -0.2) is 27.7 Å². The molecule has 1 N–H and O–H groups in total. The van der Waals surface area contributed by atoms with Gasteiger partial charge >= 0.3 is 0 Å². The van der Waals surface area contributed by atoms with Gasteiger partial charge in [-0.2, -0.15) is 0 Å². The lowest BCUT2D eigenvalue weighted by atomic mass is 10.0. The maximum atomic E-state index is 12.9. The average molecular weight is 481 g/mol. The Labute approximate surface area is 202 Å². The van der Waals surface area contributed by atoms with Crippen molar-refractivity contribution in [3.8, 4) is 5.75 Å². The van der Waals surface area contributed by atoms with Crippen molar-refractivity contribution < 1.29 is 17.9 Å². The Morgan fingerprint density at radius 1 is 0.971 bits per heavy atom. The van der Waals surface area contributed by atoms with Crippen LogP contribution in [0.3, 0.4) is 0 Å². The predicted molar refractivity (Wildman–Crippen MR) is 137 cm³/mol. The van der Waals surface area contributed by atoms with Crippen LogP contribution in [-0.2, 0) is 16.6 Å². The molecule has 6 nitrogen and oxygen atoms in total. The molecule has 0 fully saturated rings. The molecule has 0 aliphatic heterocycles. The monoisotopic (exact) mass is 480 g/mol. The normalized spacial score (nSPS) is 12.1. The number of carbonyl (C=O) groups is 1. The van der Waals surface area contributed by atoms with Crippen LogP contribution >= 0.6 is 0 Å². The summed E-state index contributed by atoms with van der Waals surface area (Å²) >= 11 is 0. The van der Waals surface area contributed by atoms with Crippen LogP contribution in [0.15, 0.2) is 66.7 Å². The number of rotatable bonds is 9. The average Bonchev–Trinajstić information content (AvgIpc) is 2.82. The predicted octanol–water partition coefficient (Wildman–Crippen LogP) is 5.16. The van der Waals surface area contributed by atoms with Gasteiger partial charge in [0.1, 0.15) is 5.75 Å². The highest BCUT2D eigenvalue weighted by atomic mass is 32.2. The highest BCUT2D eigenvalue weighted by Crippen LogP contribution is 2.24. The summed E-state index contributed by atoms with van der Waals surface area (Å²) in [6.45, 7) is 6.16. The summed E-state index contributed by atoms with van der Waals surface area (Å²) in [5.41, 5.74) is 5.08. The smallest absolute Gasteiger partial charge is 0.251 e. The molecule has 0 radical (unpaired) electrons. The zero-order valence-electron chi connectivity index (χ0n) is 20.3. The van der Waals surface area contributed by atoms with Gasteiger partial charge in [-0.1, -0.05) is 37.3 Å². The van der Waals surface area contributed by atoms with Crippen LogP contribution in [0.25, 0.3) is 0 Å². The largest absolute Gasteiger partial charge is 0.497 e. The van der Waals surface area contributed by atoms with Gasteiger partial charge in [0.15, 0.2) is 0 Å². The third-order valence-electron chi connectivity index (χ3n) is 5.95. The topological polar surface area (TPSA) is 75.7 Å². The first kappa shape index (κ1) is 25.3. The number of benzene rings is 3. The Bertz CT molecular complexity index is 1240. The van der Waals surface area contributed by atoms with Gasteiger partial charge in [-0.15, -0.1) is 0 Å². The second kappa shape index (κ2) is 10.7. The van der Waals surface area contributed by atoms with Gasteiger partial charge in [0.2, 0.25) is 10.0 Å². The summed E-state index contributed by atoms with van der Waals surface area (Å²) < 4.78 is 31.6. The van der Waals surface area contributed by atoms with Crippen molar-refractivity contribution in [1.82, 2.24) is 5.32 Å². The van der Waals surface area contributed by atoms with Gasteiger partial charge in [-0.05, 0) is 78.9 Å². The number of hydrogen-bond donors (Lipinski definition) is 1. The van der Waals surface area contributed by atoms with Gasteiger partial charge in [0, 0.05) is 5.56 Å². The molecule has 3 rings (SSSR count). The van der Waals surface area contributed by atoms with Crippen molar-refractivity contribution in [2.45, 2.75) is 39.8 Å². The number of amides is 1. The molecule has 0 spiro atoms. The maximum absolute atomic E-state index is 12.9. The van der Waals surface area contributed by atoms with Crippen LogP contribution in [0.5, 0.6) is 5.75 Å². The maximum Gasteiger partial charge on any atom is 0.251 e. The number of nitrogens with zero attached hydrogens (tertiary/aromatic N) is 1. The number of carbonyl (C=O) groups excluding carboxylic acids is 1. The lowest BCUT2D eigenvalue weighted by molar-refractivity contribution is 0.0935. The van der Waals surface area contributed by atoms with E-state index >= 15 is 0 Å². The van der Waals surface area contributed by atoms with Crippen molar-refractivity contribution >= 4 is 21.6 Å². The zero-order valence-corrected chi connectivity index (χ0v) is 21.1. The lowest BCUT2D eigenvalue weighted by Crippen LogP contribution is -2.29. The van der Waals surface area contributed by atoms with Gasteiger partial charge in [-0.25, -0.2) is 8.42 Å². The molecule has 0 saturated carbocycles. The minimum Gasteiger partial charge on any atom is -0.497 e. The molecule has 1 amide bonds. The molecule has 0 heterocycles. The summed E-state index contributed by atoms with van der Waals surface area (Å²) in [4.78, 5) is 12.9. The summed E-state index contributed by atoms with van der Waals surface area (Å²) in [5, 5.41) is 3.07. The van der Waals surface area contributed by atoms with Crippen molar-refractivity contribution in [1.29, 1.82) is 0 Å². The number of anilines is 1. The molecular formula is C27H32N2O4S. The molecule has 1 atom stereocenters. The van der Waals surface area contributed by atoms with E-state index in [2.05, 4.69) is 5.32 Å². The van der Waals surface area contributed by atoms with Crippen molar-refractivity contribution in [2.75, 3.05) is 17.7 Å². The Hall–Kier alpha value is -3.32. The van der Waals surface area contributed by atoms with Crippen molar-refractivity contribution in [3.63, 3.8) is 0 Å². The van der Waals surface area contributed by atoms with Crippen LogP contribution in [0.4, 0.5) is 5.69 Å². The second-order valence-electron chi connectivity index (χ2n) is 8.44. The van der Waals surface area contributed by atoms with Crippen LogP contribution < -0.4 is 14.4 Å². The lowest BCUT2D eigenvalue weighted by Gasteiger charge is -2.23. The highest BCUT2D eigenvalue weighted by Gasteiger charge is 2.19. The third-order valence-corrected chi connectivity index (χ3v) is 7.09. The molecule has 0 aliphatic carbocycles. The number of sulfonamides is 1. The quantitative estimate of drug-likeness (QED) is 0.459. The summed E-state index contributed by atoms with van der Waals surface area (Å²) in [6.07, 6.45) is 1.95. The molecule has 3 aromatic rings. The minimum absolute atomic E-state index is 0.122. The molecule has 180 valence electrons. The Balaban J connectivity index is 1.74. The number of nitrogens with one attached hydrogen (secondary N) is 1. The van der Waals surface area contributed by atoms with E-state index in [1.165, 1.54) is 10.6 Å². The Morgan fingerprint density at radius 3 is 2.15 bits per heavy atom. The van der Waals surface area contributed by atoms with Crippen LogP contribution in [0.2, 0.25) is 0 Å². The fourth-order valence-electron chi connectivity index (χ4n) is 3.71. The SMILES string of the molecule is CC[C@H](NC(=O)c1ccc(CN(c2ccc(C)c(C)c2)S(C)(=O)=O)cc1)c1ccc(OC)cc1. The molecule has 3 aromatic carbocycles. The molecule has 0 saturated heterocycles. The number of aryl methyl sites for hydroxylation is 2. The van der Waals surface area contributed by atoms with Crippen LogP contribution in [0, 0.1) is 13.8 Å². The minimum atomic E-state index is -3.48. The fourth-order valence-corrected chi connectivity index (χ4v) is 4.59. The van der Waals surface area contributed by atoms with Crippen molar-refractivity contribution in [3.05, 3.63) is 94.5 Å². The van der Waals surface area contributed by atoms with E-state index in [9.17, 15) is 13.2 Å². The Morgan fingerprint density at radius 2 is 1.62 bits per heavy atom.